The SMILES string of the molecule is CCCCNC(N)=NCC(c1ccccc1)N1CCCC1.I. The van der Waals surface area contributed by atoms with Crippen LogP contribution >= 0.6 is 24.0 Å². The number of likely N-dealkylation sites (tertiary alicyclic amines) is 1. The third kappa shape index (κ3) is 6.12. The number of halogens is 1. The molecule has 1 atom stereocenters. The zero-order chi connectivity index (χ0) is 14.9. The first-order valence-electron chi connectivity index (χ1n) is 8.14. The van der Waals surface area contributed by atoms with Crippen molar-refractivity contribution in [3.63, 3.8) is 0 Å². The maximum Gasteiger partial charge on any atom is 0.188 e. The highest BCUT2D eigenvalue weighted by Gasteiger charge is 2.22. The third-order valence-electron chi connectivity index (χ3n) is 4.04. The Morgan fingerprint density at radius 2 is 1.95 bits per heavy atom. The van der Waals surface area contributed by atoms with Crippen molar-refractivity contribution < 1.29 is 0 Å². The Labute approximate surface area is 151 Å². The fourth-order valence-corrected chi connectivity index (χ4v) is 2.79. The number of rotatable bonds is 7. The van der Waals surface area contributed by atoms with E-state index in [0.29, 0.717) is 12.0 Å². The molecule has 5 heteroatoms. The van der Waals surface area contributed by atoms with E-state index in [1.807, 2.05) is 0 Å². The summed E-state index contributed by atoms with van der Waals surface area (Å²) in [5.41, 5.74) is 7.30. The van der Waals surface area contributed by atoms with Gasteiger partial charge in [0.2, 0.25) is 0 Å². The molecular weight excluding hydrogens is 387 g/mol. The summed E-state index contributed by atoms with van der Waals surface area (Å²) in [4.78, 5) is 7.08. The summed E-state index contributed by atoms with van der Waals surface area (Å²) in [6, 6.07) is 11.0. The first-order valence-corrected chi connectivity index (χ1v) is 8.14. The average Bonchev–Trinajstić information content (AvgIpc) is 3.03. The van der Waals surface area contributed by atoms with Crippen molar-refractivity contribution in [2.75, 3.05) is 26.2 Å². The van der Waals surface area contributed by atoms with Crippen molar-refractivity contribution >= 4 is 29.9 Å². The smallest absolute Gasteiger partial charge is 0.188 e. The molecule has 0 amide bonds. The van der Waals surface area contributed by atoms with E-state index in [-0.39, 0.29) is 24.0 Å². The van der Waals surface area contributed by atoms with E-state index < -0.39 is 0 Å². The molecule has 0 radical (unpaired) electrons. The third-order valence-corrected chi connectivity index (χ3v) is 4.04. The Kier molecular flexibility index (Phi) is 9.47. The van der Waals surface area contributed by atoms with E-state index >= 15 is 0 Å². The van der Waals surface area contributed by atoms with Gasteiger partial charge in [-0.3, -0.25) is 9.89 Å². The average molecular weight is 416 g/mol. The Balaban J connectivity index is 0.00000242. The molecule has 2 rings (SSSR count). The van der Waals surface area contributed by atoms with Crippen LogP contribution in [0.15, 0.2) is 35.3 Å². The van der Waals surface area contributed by atoms with E-state index in [1.54, 1.807) is 0 Å². The molecular formula is C17H29IN4. The Bertz CT molecular complexity index is 430. The lowest BCUT2D eigenvalue weighted by molar-refractivity contribution is 0.251. The molecule has 0 spiro atoms. The maximum absolute atomic E-state index is 5.96. The van der Waals surface area contributed by atoms with Gasteiger partial charge in [-0.1, -0.05) is 43.7 Å². The first-order chi connectivity index (χ1) is 10.3. The predicted molar refractivity (Wildman–Crippen MR) is 105 cm³/mol. The fraction of sp³-hybridized carbons (Fsp3) is 0.588. The second kappa shape index (κ2) is 10.8. The zero-order valence-corrected chi connectivity index (χ0v) is 15.8. The highest BCUT2D eigenvalue weighted by atomic mass is 127. The lowest BCUT2D eigenvalue weighted by Gasteiger charge is -2.26. The molecule has 1 fully saturated rings. The van der Waals surface area contributed by atoms with Gasteiger partial charge in [0.15, 0.2) is 5.96 Å². The van der Waals surface area contributed by atoms with Crippen LogP contribution in [0.1, 0.15) is 44.2 Å². The van der Waals surface area contributed by atoms with Gasteiger partial charge in [0, 0.05) is 6.54 Å². The van der Waals surface area contributed by atoms with E-state index in [9.17, 15) is 0 Å². The van der Waals surface area contributed by atoms with Crippen molar-refractivity contribution in [1.29, 1.82) is 0 Å². The summed E-state index contributed by atoms with van der Waals surface area (Å²) < 4.78 is 0. The fourth-order valence-electron chi connectivity index (χ4n) is 2.79. The first kappa shape index (κ1) is 19.2. The summed E-state index contributed by atoms with van der Waals surface area (Å²) in [5.74, 6) is 0.573. The molecule has 0 aromatic heterocycles. The minimum Gasteiger partial charge on any atom is -0.370 e. The van der Waals surface area contributed by atoms with Crippen LogP contribution in [0.25, 0.3) is 0 Å². The number of benzene rings is 1. The van der Waals surface area contributed by atoms with Gasteiger partial charge in [0.25, 0.3) is 0 Å². The maximum atomic E-state index is 5.96. The Morgan fingerprint density at radius 3 is 2.59 bits per heavy atom. The normalized spacial score (nSPS) is 17.0. The number of nitrogens with one attached hydrogen (secondary N) is 1. The molecule has 1 unspecified atom stereocenters. The molecule has 4 nitrogen and oxygen atoms in total. The topological polar surface area (TPSA) is 53.6 Å². The van der Waals surface area contributed by atoms with Gasteiger partial charge < -0.3 is 11.1 Å². The molecule has 1 aromatic rings. The van der Waals surface area contributed by atoms with Gasteiger partial charge in [-0.25, -0.2) is 0 Å². The number of nitrogens with two attached hydrogens (primary N) is 1. The Morgan fingerprint density at radius 1 is 1.27 bits per heavy atom. The van der Waals surface area contributed by atoms with Gasteiger partial charge in [0.05, 0.1) is 12.6 Å². The van der Waals surface area contributed by atoms with E-state index in [0.717, 1.165) is 32.6 Å². The van der Waals surface area contributed by atoms with E-state index in [4.69, 9.17) is 5.73 Å². The van der Waals surface area contributed by atoms with Crippen LogP contribution in [0.4, 0.5) is 0 Å². The van der Waals surface area contributed by atoms with Crippen molar-refractivity contribution in [3.8, 4) is 0 Å². The number of hydrogen-bond donors (Lipinski definition) is 2. The molecule has 0 bridgehead atoms. The molecule has 3 N–H and O–H groups in total. The van der Waals surface area contributed by atoms with Crippen molar-refractivity contribution in [2.45, 2.75) is 38.6 Å². The van der Waals surface area contributed by atoms with Crippen LogP contribution in [0.5, 0.6) is 0 Å². The molecule has 0 aliphatic carbocycles. The van der Waals surface area contributed by atoms with Gasteiger partial charge >= 0.3 is 0 Å². The molecule has 1 aliphatic heterocycles. The van der Waals surface area contributed by atoms with Gasteiger partial charge in [-0.15, -0.1) is 24.0 Å². The molecule has 1 aliphatic rings. The van der Waals surface area contributed by atoms with Crippen molar-refractivity contribution in [2.24, 2.45) is 10.7 Å². The number of hydrogen-bond acceptors (Lipinski definition) is 2. The van der Waals surface area contributed by atoms with Crippen molar-refractivity contribution in [3.05, 3.63) is 35.9 Å². The van der Waals surface area contributed by atoms with Crippen LogP contribution in [0, 0.1) is 0 Å². The number of nitrogens with zero attached hydrogens (tertiary/aromatic N) is 2. The molecule has 22 heavy (non-hydrogen) atoms. The monoisotopic (exact) mass is 416 g/mol. The van der Waals surface area contributed by atoms with Crippen LogP contribution in [0.3, 0.4) is 0 Å². The number of aliphatic imine (C=N–C) groups is 1. The zero-order valence-electron chi connectivity index (χ0n) is 13.5. The van der Waals surface area contributed by atoms with Gasteiger partial charge in [-0.05, 0) is 37.9 Å². The lowest BCUT2D eigenvalue weighted by atomic mass is 10.1. The largest absolute Gasteiger partial charge is 0.370 e. The Hall–Kier alpha value is -0.820. The summed E-state index contributed by atoms with van der Waals surface area (Å²) >= 11 is 0. The summed E-state index contributed by atoms with van der Waals surface area (Å²) in [6.45, 7) is 6.14. The summed E-state index contributed by atoms with van der Waals surface area (Å²) in [6.07, 6.45) is 4.87. The second-order valence-corrected chi connectivity index (χ2v) is 5.68. The molecule has 1 aromatic carbocycles. The van der Waals surface area contributed by atoms with Crippen LogP contribution in [0.2, 0.25) is 0 Å². The standard InChI is InChI=1S/C17H28N4.HI/c1-2-3-11-19-17(18)20-14-16(21-12-7-8-13-21)15-9-5-4-6-10-15;/h4-6,9-10,16H,2-3,7-8,11-14H2,1H3,(H3,18,19,20);1H. The summed E-state index contributed by atoms with van der Waals surface area (Å²) in [5, 5.41) is 3.19. The van der Waals surface area contributed by atoms with E-state index in [2.05, 4.69) is 52.5 Å². The predicted octanol–water partition coefficient (Wildman–Crippen LogP) is 3.15. The number of unbranched alkanes of at least 4 members (excludes halogenated alkanes) is 1. The highest BCUT2D eigenvalue weighted by molar-refractivity contribution is 14.0. The van der Waals surface area contributed by atoms with Crippen LogP contribution in [-0.4, -0.2) is 37.0 Å². The van der Waals surface area contributed by atoms with Crippen molar-refractivity contribution in [1.82, 2.24) is 10.2 Å². The van der Waals surface area contributed by atoms with Gasteiger partial charge in [0.1, 0.15) is 0 Å². The lowest BCUT2D eigenvalue weighted by Crippen LogP contribution is -2.34. The minimum absolute atomic E-state index is 0. The molecule has 0 saturated carbocycles. The minimum atomic E-state index is 0. The highest BCUT2D eigenvalue weighted by Crippen LogP contribution is 2.25. The summed E-state index contributed by atoms with van der Waals surface area (Å²) in [7, 11) is 0. The van der Waals surface area contributed by atoms with Crippen LogP contribution < -0.4 is 11.1 Å². The molecule has 1 heterocycles. The quantitative estimate of drug-likeness (QED) is 0.311. The second-order valence-electron chi connectivity index (χ2n) is 5.68. The van der Waals surface area contributed by atoms with Gasteiger partial charge in [-0.2, -0.15) is 0 Å². The number of guanidine groups is 1. The molecule has 1 saturated heterocycles. The van der Waals surface area contributed by atoms with Crippen LogP contribution in [-0.2, 0) is 0 Å². The molecule has 124 valence electrons. The van der Waals surface area contributed by atoms with E-state index in [1.165, 1.54) is 24.8 Å².